The lowest BCUT2D eigenvalue weighted by Crippen LogP contribution is -2.35. The summed E-state index contributed by atoms with van der Waals surface area (Å²) < 4.78 is 0. The Morgan fingerprint density at radius 3 is 2.82 bits per heavy atom. The van der Waals surface area contributed by atoms with Crippen LogP contribution in [0.3, 0.4) is 0 Å². The molecule has 1 heterocycles. The average Bonchev–Trinajstić information content (AvgIpc) is 2.66. The first-order valence-electron chi connectivity index (χ1n) is 6.24. The number of carbonyl (C=O) groups excluding carboxylic acids is 2. The van der Waals surface area contributed by atoms with Gasteiger partial charge in [-0.15, -0.1) is 0 Å². The standard InChI is InChI=1S/C13H22N2O2/c1-4-5-6-7-14-13(17)11-8-12(16)15(9-11)10(2)3/h4-5,10-11H,6-9H2,1-3H3,(H,14,17)/b5-4+. The third-order valence-corrected chi connectivity index (χ3v) is 3.00. The number of allylic oxidation sites excluding steroid dienone is 1. The van der Waals surface area contributed by atoms with Crippen molar-refractivity contribution in [3.05, 3.63) is 12.2 Å². The molecule has 1 N–H and O–H groups in total. The number of nitrogens with zero attached hydrogens (tertiary/aromatic N) is 1. The molecular weight excluding hydrogens is 216 g/mol. The Bertz CT molecular complexity index is 311. The Morgan fingerprint density at radius 1 is 1.59 bits per heavy atom. The summed E-state index contributed by atoms with van der Waals surface area (Å²) in [6, 6.07) is 0.184. The fourth-order valence-corrected chi connectivity index (χ4v) is 2.00. The summed E-state index contributed by atoms with van der Waals surface area (Å²) in [5, 5.41) is 2.87. The summed E-state index contributed by atoms with van der Waals surface area (Å²) in [4.78, 5) is 25.2. The summed E-state index contributed by atoms with van der Waals surface area (Å²) in [7, 11) is 0. The quantitative estimate of drug-likeness (QED) is 0.580. The largest absolute Gasteiger partial charge is 0.355 e. The van der Waals surface area contributed by atoms with Gasteiger partial charge in [-0.1, -0.05) is 12.2 Å². The molecule has 0 radical (unpaired) electrons. The van der Waals surface area contributed by atoms with Crippen LogP contribution in [0.15, 0.2) is 12.2 Å². The highest BCUT2D eigenvalue weighted by Gasteiger charge is 2.35. The van der Waals surface area contributed by atoms with Gasteiger partial charge >= 0.3 is 0 Å². The summed E-state index contributed by atoms with van der Waals surface area (Å²) in [6.45, 7) is 7.12. The summed E-state index contributed by atoms with van der Waals surface area (Å²) >= 11 is 0. The van der Waals surface area contributed by atoms with Gasteiger partial charge in [0.15, 0.2) is 0 Å². The maximum absolute atomic E-state index is 11.8. The fourth-order valence-electron chi connectivity index (χ4n) is 2.00. The second-order valence-corrected chi connectivity index (χ2v) is 4.69. The van der Waals surface area contributed by atoms with E-state index in [0.717, 1.165) is 6.42 Å². The average molecular weight is 238 g/mol. The van der Waals surface area contributed by atoms with Gasteiger partial charge < -0.3 is 10.2 Å². The van der Waals surface area contributed by atoms with Crippen molar-refractivity contribution in [2.45, 2.75) is 39.7 Å². The monoisotopic (exact) mass is 238 g/mol. The van der Waals surface area contributed by atoms with E-state index in [4.69, 9.17) is 0 Å². The van der Waals surface area contributed by atoms with Crippen molar-refractivity contribution in [1.82, 2.24) is 10.2 Å². The van der Waals surface area contributed by atoms with Gasteiger partial charge in [0.1, 0.15) is 0 Å². The van der Waals surface area contributed by atoms with Gasteiger partial charge in [0.05, 0.1) is 5.92 Å². The summed E-state index contributed by atoms with van der Waals surface area (Å²) in [6.07, 6.45) is 5.18. The number of carbonyl (C=O) groups is 2. The van der Waals surface area contributed by atoms with E-state index in [1.165, 1.54) is 0 Å². The minimum Gasteiger partial charge on any atom is -0.355 e. The summed E-state index contributed by atoms with van der Waals surface area (Å²) in [5.41, 5.74) is 0. The predicted molar refractivity (Wildman–Crippen MR) is 67.4 cm³/mol. The molecule has 0 aromatic carbocycles. The molecule has 0 aromatic rings. The van der Waals surface area contributed by atoms with Gasteiger partial charge in [0.2, 0.25) is 11.8 Å². The van der Waals surface area contributed by atoms with Crippen LogP contribution in [0.2, 0.25) is 0 Å². The molecule has 0 saturated carbocycles. The number of likely N-dealkylation sites (tertiary alicyclic amines) is 1. The maximum atomic E-state index is 11.8. The van der Waals surface area contributed by atoms with Crippen molar-refractivity contribution in [2.75, 3.05) is 13.1 Å². The van der Waals surface area contributed by atoms with Gasteiger partial charge in [-0.05, 0) is 27.2 Å². The predicted octanol–water partition coefficient (Wildman–Crippen LogP) is 1.33. The molecule has 0 bridgehead atoms. The van der Waals surface area contributed by atoms with E-state index in [2.05, 4.69) is 5.32 Å². The van der Waals surface area contributed by atoms with E-state index < -0.39 is 0 Å². The molecule has 1 atom stereocenters. The second-order valence-electron chi connectivity index (χ2n) is 4.69. The lowest BCUT2D eigenvalue weighted by atomic mass is 10.1. The van der Waals surface area contributed by atoms with Crippen molar-refractivity contribution >= 4 is 11.8 Å². The van der Waals surface area contributed by atoms with Crippen LogP contribution in [-0.2, 0) is 9.59 Å². The molecule has 2 amide bonds. The third kappa shape index (κ3) is 3.88. The number of hydrogen-bond donors (Lipinski definition) is 1. The minimum atomic E-state index is -0.171. The number of rotatable bonds is 5. The highest BCUT2D eigenvalue weighted by Crippen LogP contribution is 2.19. The molecule has 1 saturated heterocycles. The first-order chi connectivity index (χ1) is 8.06. The van der Waals surface area contributed by atoms with Crippen LogP contribution >= 0.6 is 0 Å². The molecular formula is C13H22N2O2. The zero-order chi connectivity index (χ0) is 12.8. The molecule has 96 valence electrons. The van der Waals surface area contributed by atoms with Crippen molar-refractivity contribution in [3.63, 3.8) is 0 Å². The van der Waals surface area contributed by atoms with E-state index in [9.17, 15) is 9.59 Å². The number of nitrogens with one attached hydrogen (secondary N) is 1. The van der Waals surface area contributed by atoms with Gasteiger partial charge in [0.25, 0.3) is 0 Å². The first kappa shape index (κ1) is 13.7. The summed E-state index contributed by atoms with van der Waals surface area (Å²) in [5.74, 6) is -0.0740. The van der Waals surface area contributed by atoms with E-state index in [0.29, 0.717) is 19.5 Å². The van der Waals surface area contributed by atoms with E-state index in [1.807, 2.05) is 32.9 Å². The van der Waals surface area contributed by atoms with Gasteiger partial charge in [-0.2, -0.15) is 0 Å². The zero-order valence-corrected chi connectivity index (χ0v) is 10.9. The molecule has 4 heteroatoms. The highest BCUT2D eigenvalue weighted by atomic mass is 16.2. The van der Waals surface area contributed by atoms with Crippen LogP contribution in [0.25, 0.3) is 0 Å². The van der Waals surface area contributed by atoms with E-state index >= 15 is 0 Å². The molecule has 1 aliphatic heterocycles. The molecule has 0 aromatic heterocycles. The smallest absolute Gasteiger partial charge is 0.225 e. The molecule has 1 rings (SSSR count). The van der Waals surface area contributed by atoms with Gasteiger partial charge in [0, 0.05) is 25.6 Å². The van der Waals surface area contributed by atoms with E-state index in [1.54, 1.807) is 4.90 Å². The van der Waals surface area contributed by atoms with Crippen molar-refractivity contribution in [2.24, 2.45) is 5.92 Å². The number of hydrogen-bond acceptors (Lipinski definition) is 2. The Labute approximate surface area is 103 Å². The van der Waals surface area contributed by atoms with E-state index in [-0.39, 0.29) is 23.8 Å². The first-order valence-corrected chi connectivity index (χ1v) is 6.24. The molecule has 1 fully saturated rings. The Hall–Kier alpha value is -1.32. The fraction of sp³-hybridized carbons (Fsp3) is 0.692. The second kappa shape index (κ2) is 6.42. The molecule has 0 aliphatic carbocycles. The van der Waals surface area contributed by atoms with Crippen LogP contribution in [-0.4, -0.2) is 35.8 Å². The van der Waals surface area contributed by atoms with Crippen molar-refractivity contribution < 1.29 is 9.59 Å². The van der Waals surface area contributed by atoms with Gasteiger partial charge in [-0.25, -0.2) is 0 Å². The topological polar surface area (TPSA) is 49.4 Å². The lowest BCUT2D eigenvalue weighted by Gasteiger charge is -2.20. The number of amides is 2. The maximum Gasteiger partial charge on any atom is 0.225 e. The minimum absolute atomic E-state index is 0.00556. The Balaban J connectivity index is 2.37. The lowest BCUT2D eigenvalue weighted by molar-refractivity contribution is -0.129. The molecule has 0 spiro atoms. The SMILES string of the molecule is C/C=C/CCNC(=O)C1CC(=O)N(C(C)C)C1. The Morgan fingerprint density at radius 2 is 2.29 bits per heavy atom. The Kier molecular flexibility index (Phi) is 5.19. The third-order valence-electron chi connectivity index (χ3n) is 3.00. The van der Waals surface area contributed by atoms with Crippen LogP contribution in [0.1, 0.15) is 33.6 Å². The van der Waals surface area contributed by atoms with Crippen molar-refractivity contribution in [3.8, 4) is 0 Å². The van der Waals surface area contributed by atoms with Crippen LogP contribution in [0.4, 0.5) is 0 Å². The zero-order valence-electron chi connectivity index (χ0n) is 10.9. The van der Waals surface area contributed by atoms with Gasteiger partial charge in [-0.3, -0.25) is 9.59 Å². The molecule has 1 aliphatic rings. The van der Waals surface area contributed by atoms with Crippen LogP contribution in [0.5, 0.6) is 0 Å². The molecule has 17 heavy (non-hydrogen) atoms. The van der Waals surface area contributed by atoms with Crippen LogP contribution in [0, 0.1) is 5.92 Å². The molecule has 1 unspecified atom stereocenters. The van der Waals surface area contributed by atoms with Crippen molar-refractivity contribution in [1.29, 1.82) is 0 Å². The van der Waals surface area contributed by atoms with Crippen LogP contribution < -0.4 is 5.32 Å². The normalized spacial score (nSPS) is 20.6. The molecule has 4 nitrogen and oxygen atoms in total. The highest BCUT2D eigenvalue weighted by molar-refractivity contribution is 5.89.